The van der Waals surface area contributed by atoms with Crippen molar-refractivity contribution in [2.45, 2.75) is 45.4 Å². The van der Waals surface area contributed by atoms with E-state index in [0.29, 0.717) is 0 Å². The highest BCUT2D eigenvalue weighted by atomic mass is 14.0. The van der Waals surface area contributed by atoms with E-state index in [2.05, 4.69) is 61.5 Å². The predicted molar refractivity (Wildman–Crippen MR) is 83.5 cm³/mol. The van der Waals surface area contributed by atoms with Crippen LogP contribution in [0.1, 0.15) is 42.9 Å². The van der Waals surface area contributed by atoms with E-state index in [1.165, 1.54) is 55.2 Å². The van der Waals surface area contributed by atoms with Crippen LogP contribution in [-0.4, -0.2) is 0 Å². The number of hydrogen-bond donors (Lipinski definition) is 0. The summed E-state index contributed by atoms with van der Waals surface area (Å²) in [7, 11) is 0. The predicted octanol–water partition coefficient (Wildman–Crippen LogP) is 5.20. The summed E-state index contributed by atoms with van der Waals surface area (Å²) >= 11 is 0. The van der Waals surface area contributed by atoms with E-state index < -0.39 is 0 Å². The van der Waals surface area contributed by atoms with Crippen LogP contribution in [0.25, 0.3) is 0 Å². The molecular weight excluding hydrogens is 228 g/mol. The fourth-order valence-corrected chi connectivity index (χ4v) is 2.46. The van der Waals surface area contributed by atoms with Gasteiger partial charge in [-0.2, -0.15) is 0 Å². The summed E-state index contributed by atoms with van der Waals surface area (Å²) in [6.45, 7) is 2.25. The molecule has 0 aliphatic heterocycles. The molecule has 0 aliphatic carbocycles. The Morgan fingerprint density at radius 2 is 1.21 bits per heavy atom. The van der Waals surface area contributed by atoms with Crippen LogP contribution >= 0.6 is 0 Å². The minimum Gasteiger partial charge on any atom is -0.0654 e. The second-order valence-corrected chi connectivity index (χ2v) is 5.26. The molecule has 0 fully saturated rings. The smallest absolute Gasteiger partial charge is 0.0276 e. The van der Waals surface area contributed by atoms with Gasteiger partial charge >= 0.3 is 0 Å². The van der Waals surface area contributed by atoms with Crippen LogP contribution in [0, 0.1) is 0 Å². The molecule has 0 atom stereocenters. The number of unbranched alkanes of at least 4 members (excludes halogenated alkanes) is 1. The first-order chi connectivity index (χ1) is 9.38. The zero-order valence-corrected chi connectivity index (χ0v) is 11.9. The summed E-state index contributed by atoms with van der Waals surface area (Å²) in [5, 5.41) is 0. The lowest BCUT2D eigenvalue weighted by Gasteiger charge is -2.05. The average Bonchev–Trinajstić information content (AvgIpc) is 2.47. The maximum Gasteiger partial charge on any atom is -0.0276 e. The molecule has 0 aromatic heterocycles. The number of rotatable bonds is 7. The molecule has 0 aliphatic rings. The SMILES string of the molecule is CCCCc1cccc(CCCc2ccccc2)c1. The van der Waals surface area contributed by atoms with Gasteiger partial charge in [0.25, 0.3) is 0 Å². The lowest BCUT2D eigenvalue weighted by Crippen LogP contribution is -1.92. The van der Waals surface area contributed by atoms with E-state index in [-0.39, 0.29) is 0 Å². The molecule has 0 heteroatoms. The minimum atomic E-state index is 1.18. The van der Waals surface area contributed by atoms with Crippen LogP contribution in [0.3, 0.4) is 0 Å². The van der Waals surface area contributed by atoms with Gasteiger partial charge in [-0.25, -0.2) is 0 Å². The third kappa shape index (κ3) is 4.90. The van der Waals surface area contributed by atoms with E-state index in [9.17, 15) is 0 Å². The van der Waals surface area contributed by atoms with Crippen LogP contribution in [0.15, 0.2) is 54.6 Å². The highest BCUT2D eigenvalue weighted by molar-refractivity contribution is 5.24. The largest absolute Gasteiger partial charge is 0.0654 e. The van der Waals surface area contributed by atoms with Crippen molar-refractivity contribution in [2.75, 3.05) is 0 Å². The Morgan fingerprint density at radius 1 is 0.632 bits per heavy atom. The van der Waals surface area contributed by atoms with Gasteiger partial charge in [0.1, 0.15) is 0 Å². The molecule has 19 heavy (non-hydrogen) atoms. The zero-order valence-electron chi connectivity index (χ0n) is 11.9. The fourth-order valence-electron chi connectivity index (χ4n) is 2.46. The summed E-state index contributed by atoms with van der Waals surface area (Å²) in [5.41, 5.74) is 4.44. The van der Waals surface area contributed by atoms with Gasteiger partial charge in [0, 0.05) is 0 Å². The van der Waals surface area contributed by atoms with Crippen molar-refractivity contribution >= 4 is 0 Å². The Morgan fingerprint density at radius 3 is 1.89 bits per heavy atom. The number of benzene rings is 2. The van der Waals surface area contributed by atoms with Gasteiger partial charge in [0.05, 0.1) is 0 Å². The third-order valence-corrected chi connectivity index (χ3v) is 3.58. The molecule has 0 unspecified atom stereocenters. The van der Waals surface area contributed by atoms with Gasteiger partial charge in [-0.15, -0.1) is 0 Å². The first-order valence-electron chi connectivity index (χ1n) is 7.50. The summed E-state index contributed by atoms with van der Waals surface area (Å²) < 4.78 is 0. The van der Waals surface area contributed by atoms with Gasteiger partial charge in [-0.1, -0.05) is 67.9 Å². The lowest BCUT2D eigenvalue weighted by atomic mass is 10.0. The molecule has 2 aromatic rings. The zero-order chi connectivity index (χ0) is 13.3. The molecule has 0 heterocycles. The average molecular weight is 252 g/mol. The first-order valence-corrected chi connectivity index (χ1v) is 7.50. The van der Waals surface area contributed by atoms with E-state index in [1.54, 1.807) is 0 Å². The Kier molecular flexibility index (Phi) is 5.68. The Labute approximate surface area is 117 Å². The fraction of sp³-hybridized carbons (Fsp3) is 0.368. The molecule has 2 rings (SSSR count). The highest BCUT2D eigenvalue weighted by Crippen LogP contribution is 2.12. The topological polar surface area (TPSA) is 0 Å². The summed E-state index contributed by atoms with van der Waals surface area (Å²) in [6, 6.07) is 19.9. The molecule has 0 radical (unpaired) electrons. The van der Waals surface area contributed by atoms with E-state index in [1.807, 2.05) is 0 Å². The third-order valence-electron chi connectivity index (χ3n) is 3.58. The van der Waals surface area contributed by atoms with Crippen molar-refractivity contribution < 1.29 is 0 Å². The summed E-state index contributed by atoms with van der Waals surface area (Å²) in [5.74, 6) is 0. The van der Waals surface area contributed by atoms with Crippen LogP contribution in [0.2, 0.25) is 0 Å². The Bertz CT molecular complexity index is 470. The van der Waals surface area contributed by atoms with Crippen LogP contribution in [0.4, 0.5) is 0 Å². The molecule has 0 spiro atoms. The Hall–Kier alpha value is -1.56. The van der Waals surface area contributed by atoms with Gasteiger partial charge in [0.2, 0.25) is 0 Å². The second-order valence-electron chi connectivity index (χ2n) is 5.26. The molecule has 2 aromatic carbocycles. The standard InChI is InChI=1S/C19H24/c1-2-3-9-18-14-8-15-19(16-18)13-7-12-17-10-5-4-6-11-17/h4-6,8,10-11,14-16H,2-3,7,9,12-13H2,1H3. The number of hydrogen-bond acceptors (Lipinski definition) is 0. The molecular formula is C19H24. The molecule has 100 valence electrons. The van der Waals surface area contributed by atoms with Gasteiger partial charge in [-0.3, -0.25) is 0 Å². The van der Waals surface area contributed by atoms with Gasteiger partial charge < -0.3 is 0 Å². The molecule has 0 saturated carbocycles. The van der Waals surface area contributed by atoms with E-state index >= 15 is 0 Å². The van der Waals surface area contributed by atoms with Crippen LogP contribution in [-0.2, 0) is 19.3 Å². The van der Waals surface area contributed by atoms with Crippen molar-refractivity contribution in [1.82, 2.24) is 0 Å². The maximum absolute atomic E-state index is 2.39. The summed E-state index contributed by atoms with van der Waals surface area (Å²) in [4.78, 5) is 0. The summed E-state index contributed by atoms with van der Waals surface area (Å²) in [6.07, 6.45) is 7.41. The second kappa shape index (κ2) is 7.78. The van der Waals surface area contributed by atoms with E-state index in [4.69, 9.17) is 0 Å². The molecule has 0 saturated heterocycles. The lowest BCUT2D eigenvalue weighted by molar-refractivity contribution is 0.788. The van der Waals surface area contributed by atoms with Crippen LogP contribution < -0.4 is 0 Å². The molecule has 0 amide bonds. The molecule has 0 nitrogen and oxygen atoms in total. The van der Waals surface area contributed by atoms with Gasteiger partial charge in [0.15, 0.2) is 0 Å². The maximum atomic E-state index is 2.39. The molecule has 0 N–H and O–H groups in total. The monoisotopic (exact) mass is 252 g/mol. The normalized spacial score (nSPS) is 10.6. The quantitative estimate of drug-likeness (QED) is 0.635. The van der Waals surface area contributed by atoms with Crippen molar-refractivity contribution in [3.63, 3.8) is 0 Å². The van der Waals surface area contributed by atoms with Crippen LogP contribution in [0.5, 0.6) is 0 Å². The first kappa shape index (κ1) is 13.9. The highest BCUT2D eigenvalue weighted by Gasteiger charge is 1.98. The van der Waals surface area contributed by atoms with Crippen molar-refractivity contribution in [3.05, 3.63) is 71.3 Å². The minimum absolute atomic E-state index is 1.18. The van der Waals surface area contributed by atoms with Gasteiger partial charge in [-0.05, 0) is 48.8 Å². The van der Waals surface area contributed by atoms with Crippen molar-refractivity contribution in [1.29, 1.82) is 0 Å². The van der Waals surface area contributed by atoms with Crippen molar-refractivity contribution in [2.24, 2.45) is 0 Å². The number of aryl methyl sites for hydroxylation is 3. The molecule has 0 bridgehead atoms. The Balaban J connectivity index is 1.82. The van der Waals surface area contributed by atoms with E-state index in [0.717, 1.165) is 0 Å². The van der Waals surface area contributed by atoms with Crippen molar-refractivity contribution in [3.8, 4) is 0 Å².